The first-order valence-corrected chi connectivity index (χ1v) is 8.94. The third kappa shape index (κ3) is 5.41. The summed E-state index contributed by atoms with van der Waals surface area (Å²) >= 11 is 0. The summed E-state index contributed by atoms with van der Waals surface area (Å²) in [6.07, 6.45) is 2.49. The number of rotatable bonds is 7. The van der Waals surface area contributed by atoms with Gasteiger partial charge in [0, 0.05) is 31.4 Å². The average Bonchev–Trinajstić information content (AvgIpc) is 2.73. The molecule has 0 fully saturated rings. The second-order valence-electron chi connectivity index (χ2n) is 6.12. The van der Waals surface area contributed by atoms with Crippen LogP contribution in [0.15, 0.2) is 72.9 Å². The van der Waals surface area contributed by atoms with Crippen molar-refractivity contribution >= 4 is 17.5 Å². The summed E-state index contributed by atoms with van der Waals surface area (Å²) in [5.74, 6) is 0.841. The second kappa shape index (κ2) is 9.32. The van der Waals surface area contributed by atoms with E-state index in [0.717, 1.165) is 11.3 Å². The van der Waals surface area contributed by atoms with Crippen LogP contribution in [0.1, 0.15) is 22.5 Å². The van der Waals surface area contributed by atoms with E-state index >= 15 is 0 Å². The summed E-state index contributed by atoms with van der Waals surface area (Å²) in [5, 5.41) is 5.41. The molecule has 0 aliphatic carbocycles. The standard InChI is InChI=1S/C22H21N3O3/c1-23-22(27)20-15-19(12-13-24-20)28-18-9-5-6-16(14-18)10-11-21(26)25-17-7-3-2-4-8-17/h2-9,12-15H,10-11H2,1H3,(H,23,27)(H,25,26). The molecule has 2 amide bonds. The van der Waals surface area contributed by atoms with Crippen molar-refractivity contribution in [2.24, 2.45) is 0 Å². The van der Waals surface area contributed by atoms with Gasteiger partial charge in [-0.25, -0.2) is 0 Å². The molecule has 3 rings (SSSR count). The minimum atomic E-state index is -0.274. The predicted molar refractivity (Wildman–Crippen MR) is 108 cm³/mol. The summed E-state index contributed by atoms with van der Waals surface area (Å²) in [5.41, 5.74) is 2.06. The van der Waals surface area contributed by atoms with Gasteiger partial charge in [0.05, 0.1) is 0 Å². The van der Waals surface area contributed by atoms with Gasteiger partial charge in [0.15, 0.2) is 0 Å². The van der Waals surface area contributed by atoms with E-state index in [9.17, 15) is 9.59 Å². The minimum absolute atomic E-state index is 0.0399. The maximum absolute atomic E-state index is 12.1. The number of para-hydroxylation sites is 1. The minimum Gasteiger partial charge on any atom is -0.457 e. The molecule has 0 saturated carbocycles. The molecule has 0 atom stereocenters. The van der Waals surface area contributed by atoms with E-state index in [2.05, 4.69) is 15.6 Å². The molecule has 0 bridgehead atoms. The Bertz CT molecular complexity index is 958. The fraction of sp³-hybridized carbons (Fsp3) is 0.136. The Labute approximate surface area is 163 Å². The number of hydrogen-bond donors (Lipinski definition) is 2. The molecule has 1 aromatic heterocycles. The highest BCUT2D eigenvalue weighted by atomic mass is 16.5. The molecule has 6 nitrogen and oxygen atoms in total. The number of nitrogens with zero attached hydrogens (tertiary/aromatic N) is 1. The van der Waals surface area contributed by atoms with Crippen molar-refractivity contribution in [3.05, 3.63) is 84.2 Å². The van der Waals surface area contributed by atoms with Gasteiger partial charge in [0.2, 0.25) is 5.91 Å². The third-order valence-electron chi connectivity index (χ3n) is 4.02. The fourth-order valence-corrected chi connectivity index (χ4v) is 2.63. The highest BCUT2D eigenvalue weighted by Gasteiger charge is 2.08. The largest absolute Gasteiger partial charge is 0.457 e. The van der Waals surface area contributed by atoms with Gasteiger partial charge < -0.3 is 15.4 Å². The lowest BCUT2D eigenvalue weighted by molar-refractivity contribution is -0.116. The zero-order valence-electron chi connectivity index (χ0n) is 15.5. The second-order valence-corrected chi connectivity index (χ2v) is 6.12. The quantitative estimate of drug-likeness (QED) is 0.658. The number of hydrogen-bond acceptors (Lipinski definition) is 4. The number of carbonyl (C=O) groups excluding carboxylic acids is 2. The molecular weight excluding hydrogens is 354 g/mol. The van der Waals surface area contributed by atoms with Gasteiger partial charge in [0.1, 0.15) is 17.2 Å². The van der Waals surface area contributed by atoms with Gasteiger partial charge >= 0.3 is 0 Å². The van der Waals surface area contributed by atoms with Crippen LogP contribution in [0.3, 0.4) is 0 Å². The van der Waals surface area contributed by atoms with Crippen LogP contribution in [-0.4, -0.2) is 23.8 Å². The number of benzene rings is 2. The molecule has 1 heterocycles. The van der Waals surface area contributed by atoms with Crippen LogP contribution in [-0.2, 0) is 11.2 Å². The number of anilines is 1. The number of nitrogens with one attached hydrogen (secondary N) is 2. The van der Waals surface area contributed by atoms with Crippen LogP contribution < -0.4 is 15.4 Å². The van der Waals surface area contributed by atoms with E-state index < -0.39 is 0 Å². The molecule has 0 radical (unpaired) electrons. The topological polar surface area (TPSA) is 80.3 Å². The SMILES string of the molecule is CNC(=O)c1cc(Oc2cccc(CCC(=O)Nc3ccccc3)c2)ccn1. The van der Waals surface area contributed by atoms with Gasteiger partial charge in [-0.2, -0.15) is 0 Å². The fourth-order valence-electron chi connectivity index (χ4n) is 2.63. The molecular formula is C22H21N3O3. The van der Waals surface area contributed by atoms with Crippen molar-refractivity contribution in [2.75, 3.05) is 12.4 Å². The van der Waals surface area contributed by atoms with E-state index in [4.69, 9.17) is 4.74 Å². The molecule has 3 aromatic rings. The van der Waals surface area contributed by atoms with E-state index in [1.165, 1.54) is 6.20 Å². The van der Waals surface area contributed by atoms with Crippen LogP contribution in [0.4, 0.5) is 5.69 Å². The summed E-state index contributed by atoms with van der Waals surface area (Å²) in [6, 6.07) is 20.2. The maximum Gasteiger partial charge on any atom is 0.269 e. The number of ether oxygens (including phenoxy) is 1. The molecule has 2 aromatic carbocycles. The van der Waals surface area contributed by atoms with Crippen molar-refractivity contribution in [2.45, 2.75) is 12.8 Å². The summed E-state index contributed by atoms with van der Waals surface area (Å²) in [7, 11) is 1.55. The lowest BCUT2D eigenvalue weighted by Crippen LogP contribution is -2.18. The number of carbonyl (C=O) groups is 2. The van der Waals surface area contributed by atoms with Crippen molar-refractivity contribution in [3.63, 3.8) is 0 Å². The molecule has 142 valence electrons. The number of aromatic nitrogens is 1. The normalized spacial score (nSPS) is 10.2. The van der Waals surface area contributed by atoms with E-state index in [1.807, 2.05) is 54.6 Å². The monoisotopic (exact) mass is 375 g/mol. The molecule has 6 heteroatoms. The predicted octanol–water partition coefficient (Wildman–Crippen LogP) is 3.80. The first-order valence-electron chi connectivity index (χ1n) is 8.94. The van der Waals surface area contributed by atoms with Gasteiger partial charge in [-0.3, -0.25) is 14.6 Å². The van der Waals surface area contributed by atoms with E-state index in [-0.39, 0.29) is 17.5 Å². The van der Waals surface area contributed by atoms with E-state index in [0.29, 0.717) is 24.3 Å². The molecule has 0 unspecified atom stereocenters. The number of pyridine rings is 1. The Morgan fingerprint density at radius 1 is 0.964 bits per heavy atom. The van der Waals surface area contributed by atoms with Crippen LogP contribution in [0.25, 0.3) is 0 Å². The van der Waals surface area contributed by atoms with Crippen LogP contribution in [0.5, 0.6) is 11.5 Å². The van der Waals surface area contributed by atoms with Gasteiger partial charge in [-0.15, -0.1) is 0 Å². The Morgan fingerprint density at radius 3 is 2.54 bits per heavy atom. The van der Waals surface area contributed by atoms with Gasteiger partial charge in [0.25, 0.3) is 5.91 Å². The molecule has 2 N–H and O–H groups in total. The Hall–Kier alpha value is -3.67. The Balaban J connectivity index is 1.59. The van der Waals surface area contributed by atoms with Crippen LogP contribution >= 0.6 is 0 Å². The zero-order chi connectivity index (χ0) is 19.8. The first-order chi connectivity index (χ1) is 13.6. The van der Waals surface area contributed by atoms with Crippen molar-refractivity contribution < 1.29 is 14.3 Å². The number of amides is 2. The van der Waals surface area contributed by atoms with Crippen molar-refractivity contribution in [3.8, 4) is 11.5 Å². The smallest absolute Gasteiger partial charge is 0.269 e. The van der Waals surface area contributed by atoms with Crippen LogP contribution in [0.2, 0.25) is 0 Å². The highest BCUT2D eigenvalue weighted by molar-refractivity contribution is 5.92. The first kappa shape index (κ1) is 19.1. The molecule has 28 heavy (non-hydrogen) atoms. The average molecular weight is 375 g/mol. The maximum atomic E-state index is 12.1. The Morgan fingerprint density at radius 2 is 1.75 bits per heavy atom. The lowest BCUT2D eigenvalue weighted by atomic mass is 10.1. The number of aryl methyl sites for hydroxylation is 1. The van der Waals surface area contributed by atoms with E-state index in [1.54, 1.807) is 19.2 Å². The Kier molecular flexibility index (Phi) is 6.36. The van der Waals surface area contributed by atoms with Crippen molar-refractivity contribution in [1.29, 1.82) is 0 Å². The zero-order valence-corrected chi connectivity index (χ0v) is 15.5. The van der Waals surface area contributed by atoms with Gasteiger partial charge in [-0.05, 0) is 42.3 Å². The van der Waals surface area contributed by atoms with Crippen molar-refractivity contribution in [1.82, 2.24) is 10.3 Å². The summed E-state index contributed by atoms with van der Waals surface area (Å²) in [6.45, 7) is 0. The van der Waals surface area contributed by atoms with Gasteiger partial charge in [-0.1, -0.05) is 30.3 Å². The summed E-state index contributed by atoms with van der Waals surface area (Å²) in [4.78, 5) is 27.8. The summed E-state index contributed by atoms with van der Waals surface area (Å²) < 4.78 is 5.84. The lowest BCUT2D eigenvalue weighted by Gasteiger charge is -2.09. The highest BCUT2D eigenvalue weighted by Crippen LogP contribution is 2.23. The third-order valence-corrected chi connectivity index (χ3v) is 4.02. The molecule has 0 saturated heterocycles. The molecule has 0 aliphatic rings. The molecule has 0 spiro atoms. The molecule has 0 aliphatic heterocycles. The van der Waals surface area contributed by atoms with Crippen LogP contribution in [0, 0.1) is 0 Å².